The van der Waals surface area contributed by atoms with E-state index in [0.29, 0.717) is 27.8 Å². The highest BCUT2D eigenvalue weighted by molar-refractivity contribution is 7.99. The predicted molar refractivity (Wildman–Crippen MR) is 119 cm³/mol. The summed E-state index contributed by atoms with van der Waals surface area (Å²) in [5, 5.41) is 7.88. The number of terminal acetylenes is 1. The second kappa shape index (κ2) is 9.41. The van der Waals surface area contributed by atoms with Crippen molar-refractivity contribution in [1.82, 2.24) is 14.9 Å². The Labute approximate surface area is 176 Å². The van der Waals surface area contributed by atoms with E-state index in [-0.39, 0.29) is 23.8 Å². The van der Waals surface area contributed by atoms with Crippen LogP contribution in [0.5, 0.6) is 0 Å². The van der Waals surface area contributed by atoms with Crippen LogP contribution in [0, 0.1) is 18.3 Å². The molecule has 3 aromatic rings. The molecule has 28 heavy (non-hydrogen) atoms. The van der Waals surface area contributed by atoms with Crippen LogP contribution in [0.3, 0.4) is 0 Å². The number of hydrogen-bond acceptors (Lipinski definition) is 6. The summed E-state index contributed by atoms with van der Waals surface area (Å²) in [6.07, 6.45) is 6.04. The molecule has 0 spiro atoms. The molecule has 8 heteroatoms. The predicted octanol–water partition coefficient (Wildman–Crippen LogP) is 4.07. The van der Waals surface area contributed by atoms with Gasteiger partial charge in [0.2, 0.25) is 5.91 Å². The van der Waals surface area contributed by atoms with Crippen molar-refractivity contribution in [3.05, 3.63) is 33.2 Å². The van der Waals surface area contributed by atoms with Gasteiger partial charge >= 0.3 is 0 Å². The first-order valence-electron chi connectivity index (χ1n) is 8.90. The van der Waals surface area contributed by atoms with Crippen molar-refractivity contribution in [3.8, 4) is 22.8 Å². The van der Waals surface area contributed by atoms with Crippen molar-refractivity contribution in [3.63, 3.8) is 0 Å². The van der Waals surface area contributed by atoms with Crippen molar-refractivity contribution in [2.75, 3.05) is 12.3 Å². The summed E-state index contributed by atoms with van der Waals surface area (Å²) in [4.78, 5) is 31.8. The zero-order chi connectivity index (χ0) is 20.1. The quantitative estimate of drug-likeness (QED) is 0.332. The van der Waals surface area contributed by atoms with Gasteiger partial charge < -0.3 is 5.32 Å². The van der Waals surface area contributed by atoms with Crippen LogP contribution < -0.4 is 10.9 Å². The molecule has 0 aliphatic rings. The second-order valence-corrected chi connectivity index (χ2v) is 9.36. The number of nitrogens with zero attached hydrogens (tertiary/aromatic N) is 2. The Balaban J connectivity index is 2.00. The van der Waals surface area contributed by atoms with Crippen molar-refractivity contribution >= 4 is 50.6 Å². The molecule has 0 saturated carbocycles. The van der Waals surface area contributed by atoms with Gasteiger partial charge in [0, 0.05) is 22.4 Å². The zero-order valence-electron chi connectivity index (χ0n) is 15.7. The first-order chi connectivity index (χ1) is 13.5. The van der Waals surface area contributed by atoms with Crippen LogP contribution in [0.2, 0.25) is 0 Å². The lowest BCUT2D eigenvalue weighted by molar-refractivity contribution is -0.118. The van der Waals surface area contributed by atoms with Gasteiger partial charge in [-0.25, -0.2) is 4.98 Å². The Hall–Kier alpha value is -2.08. The average Bonchev–Trinajstić information content (AvgIpc) is 3.33. The van der Waals surface area contributed by atoms with Gasteiger partial charge in [-0.15, -0.1) is 29.1 Å². The number of aromatic nitrogens is 2. The third kappa shape index (κ3) is 4.66. The molecule has 3 heterocycles. The van der Waals surface area contributed by atoms with E-state index in [1.54, 1.807) is 15.9 Å². The fraction of sp³-hybridized carbons (Fsp3) is 0.350. The summed E-state index contributed by atoms with van der Waals surface area (Å²) in [5.41, 5.74) is 0.899. The number of thioether (sulfide) groups is 1. The fourth-order valence-electron chi connectivity index (χ4n) is 2.64. The summed E-state index contributed by atoms with van der Waals surface area (Å²) in [5.74, 6) is 2.84. The Bertz CT molecular complexity index is 1060. The van der Waals surface area contributed by atoms with E-state index in [0.717, 1.165) is 16.9 Å². The number of amides is 1. The van der Waals surface area contributed by atoms with Gasteiger partial charge in [-0.2, -0.15) is 0 Å². The van der Waals surface area contributed by atoms with E-state index in [4.69, 9.17) is 11.4 Å². The molecule has 1 amide bonds. The summed E-state index contributed by atoms with van der Waals surface area (Å²) in [6, 6.07) is 4.00. The van der Waals surface area contributed by atoms with Crippen molar-refractivity contribution in [1.29, 1.82) is 0 Å². The molecular formula is C20H21N3O2S3. The molecular weight excluding hydrogens is 410 g/mol. The van der Waals surface area contributed by atoms with Gasteiger partial charge in [0.05, 0.1) is 17.7 Å². The number of thiophene rings is 2. The monoisotopic (exact) mass is 431 g/mol. The molecule has 0 aliphatic carbocycles. The highest BCUT2D eigenvalue weighted by Crippen LogP contribution is 2.34. The fourth-order valence-corrected chi connectivity index (χ4v) is 5.30. The third-order valence-electron chi connectivity index (χ3n) is 4.10. The maximum Gasteiger partial charge on any atom is 0.263 e. The van der Waals surface area contributed by atoms with Gasteiger partial charge in [-0.3, -0.25) is 14.2 Å². The zero-order valence-corrected chi connectivity index (χ0v) is 18.2. The standard InChI is InChI=1S/C20H21N3O2S3/c1-4-8-21-16(24)12-28-20-22-18-17(19(25)23(20)9-7-13(2)3)14(11-27-18)15-6-5-10-26-15/h1,5-6,10-11,13H,7-9,12H2,2-3H3,(H,21,24). The van der Waals surface area contributed by atoms with E-state index in [1.807, 2.05) is 22.9 Å². The Morgan fingerprint density at radius 1 is 1.43 bits per heavy atom. The van der Waals surface area contributed by atoms with Crippen LogP contribution in [0.15, 0.2) is 32.8 Å². The Kier molecular flexibility index (Phi) is 6.94. The minimum Gasteiger partial charge on any atom is -0.344 e. The smallest absolute Gasteiger partial charge is 0.263 e. The van der Waals surface area contributed by atoms with Crippen LogP contribution in [-0.2, 0) is 11.3 Å². The molecule has 146 valence electrons. The van der Waals surface area contributed by atoms with Gasteiger partial charge in [0.15, 0.2) is 5.16 Å². The average molecular weight is 432 g/mol. The Morgan fingerprint density at radius 2 is 2.25 bits per heavy atom. The molecule has 0 atom stereocenters. The second-order valence-electron chi connectivity index (χ2n) is 6.61. The van der Waals surface area contributed by atoms with Crippen LogP contribution in [0.25, 0.3) is 20.7 Å². The topological polar surface area (TPSA) is 64.0 Å². The first-order valence-corrected chi connectivity index (χ1v) is 11.6. The molecule has 0 bridgehead atoms. The SMILES string of the molecule is C#CCNC(=O)CSc1nc2scc(-c3cccs3)c2c(=O)n1CCC(C)C. The van der Waals surface area contributed by atoms with Crippen LogP contribution in [0.1, 0.15) is 20.3 Å². The largest absolute Gasteiger partial charge is 0.344 e. The van der Waals surface area contributed by atoms with E-state index >= 15 is 0 Å². The number of carbonyl (C=O) groups is 1. The van der Waals surface area contributed by atoms with Crippen LogP contribution in [-0.4, -0.2) is 27.8 Å². The number of carbonyl (C=O) groups excluding carboxylic acids is 1. The van der Waals surface area contributed by atoms with Crippen LogP contribution >= 0.6 is 34.4 Å². The molecule has 5 nitrogen and oxygen atoms in total. The van der Waals surface area contributed by atoms with Crippen molar-refractivity contribution < 1.29 is 4.79 Å². The highest BCUT2D eigenvalue weighted by atomic mass is 32.2. The van der Waals surface area contributed by atoms with Crippen molar-refractivity contribution in [2.45, 2.75) is 32.0 Å². The number of rotatable bonds is 8. The number of fused-ring (bicyclic) bond motifs is 1. The molecule has 0 unspecified atom stereocenters. The maximum absolute atomic E-state index is 13.3. The third-order valence-corrected chi connectivity index (χ3v) is 6.85. The molecule has 0 saturated heterocycles. The van der Waals surface area contributed by atoms with Gasteiger partial charge in [-0.1, -0.05) is 37.6 Å². The highest BCUT2D eigenvalue weighted by Gasteiger charge is 2.18. The summed E-state index contributed by atoms with van der Waals surface area (Å²) < 4.78 is 1.71. The summed E-state index contributed by atoms with van der Waals surface area (Å²) in [6.45, 7) is 5.02. The summed E-state index contributed by atoms with van der Waals surface area (Å²) in [7, 11) is 0. The molecule has 0 aliphatic heterocycles. The lowest BCUT2D eigenvalue weighted by Gasteiger charge is -2.13. The number of hydrogen-bond donors (Lipinski definition) is 1. The lowest BCUT2D eigenvalue weighted by Crippen LogP contribution is -2.27. The van der Waals surface area contributed by atoms with Crippen LogP contribution in [0.4, 0.5) is 0 Å². The molecule has 3 aromatic heterocycles. The van der Waals surface area contributed by atoms with E-state index in [9.17, 15) is 9.59 Å². The molecule has 0 fully saturated rings. The van der Waals surface area contributed by atoms with E-state index in [2.05, 4.69) is 25.1 Å². The van der Waals surface area contributed by atoms with Crippen molar-refractivity contribution in [2.24, 2.45) is 5.92 Å². The van der Waals surface area contributed by atoms with Gasteiger partial charge in [-0.05, 0) is 23.8 Å². The van der Waals surface area contributed by atoms with E-state index in [1.165, 1.54) is 23.1 Å². The Morgan fingerprint density at radius 3 is 2.93 bits per heavy atom. The lowest BCUT2D eigenvalue weighted by atomic mass is 10.1. The number of nitrogens with one attached hydrogen (secondary N) is 1. The minimum absolute atomic E-state index is 0.0400. The van der Waals surface area contributed by atoms with Gasteiger partial charge in [0.1, 0.15) is 4.83 Å². The molecule has 3 rings (SSSR count). The summed E-state index contributed by atoms with van der Waals surface area (Å²) >= 11 is 4.35. The molecule has 0 radical (unpaired) electrons. The maximum atomic E-state index is 13.3. The molecule has 1 N–H and O–H groups in total. The normalized spacial score (nSPS) is 11.1. The first kappa shape index (κ1) is 20.6. The minimum atomic E-state index is -0.168. The van der Waals surface area contributed by atoms with E-state index < -0.39 is 0 Å². The van der Waals surface area contributed by atoms with Gasteiger partial charge in [0.25, 0.3) is 5.56 Å². The molecule has 0 aromatic carbocycles.